The van der Waals surface area contributed by atoms with Crippen LogP contribution in [0.5, 0.6) is 5.75 Å². The van der Waals surface area contributed by atoms with Gasteiger partial charge in [0.05, 0.1) is 0 Å². The van der Waals surface area contributed by atoms with Crippen LogP contribution in [0.2, 0.25) is 0 Å². The fraction of sp³-hybridized carbons (Fsp3) is 0.235. The van der Waals surface area contributed by atoms with Crippen molar-refractivity contribution < 1.29 is 9.90 Å². The van der Waals surface area contributed by atoms with E-state index in [0.717, 1.165) is 18.7 Å². The monoisotopic (exact) mass is 282 g/mol. The molecule has 1 aliphatic heterocycles. The summed E-state index contributed by atoms with van der Waals surface area (Å²) in [7, 11) is 0. The topological polar surface area (TPSA) is 61.4 Å². The standard InChI is InChI=1S/C17H18N2O2/c1-10-3-6-15(11(2)16(10)20)19-17(21)12-4-5-13-8-18-9-14(13)7-12/h3-7,18,20H,8-9H2,1-2H3,(H,19,21). The minimum absolute atomic E-state index is 0.156. The molecule has 0 unspecified atom stereocenters. The molecule has 0 bridgehead atoms. The van der Waals surface area contributed by atoms with E-state index in [1.165, 1.54) is 11.1 Å². The van der Waals surface area contributed by atoms with E-state index in [4.69, 9.17) is 0 Å². The maximum Gasteiger partial charge on any atom is 0.255 e. The predicted molar refractivity (Wildman–Crippen MR) is 82.5 cm³/mol. The van der Waals surface area contributed by atoms with E-state index in [1.807, 2.05) is 31.2 Å². The average Bonchev–Trinajstić information content (AvgIpc) is 2.95. The molecule has 4 nitrogen and oxygen atoms in total. The molecule has 0 atom stereocenters. The number of hydrogen-bond donors (Lipinski definition) is 3. The molecule has 2 aromatic rings. The lowest BCUT2D eigenvalue weighted by Gasteiger charge is -2.12. The number of anilines is 1. The number of carbonyl (C=O) groups excluding carboxylic acids is 1. The SMILES string of the molecule is Cc1ccc(NC(=O)c2ccc3c(c2)CNC3)c(C)c1O. The Bertz CT molecular complexity index is 723. The van der Waals surface area contributed by atoms with Crippen molar-refractivity contribution in [3.05, 3.63) is 58.1 Å². The molecule has 0 aliphatic carbocycles. The predicted octanol–water partition coefficient (Wildman–Crippen LogP) is 2.86. The van der Waals surface area contributed by atoms with Crippen LogP contribution in [-0.4, -0.2) is 11.0 Å². The highest BCUT2D eigenvalue weighted by Gasteiger charge is 2.15. The summed E-state index contributed by atoms with van der Waals surface area (Å²) in [5, 5.41) is 16.1. The zero-order chi connectivity index (χ0) is 15.0. The first-order chi connectivity index (χ1) is 10.1. The Morgan fingerprint density at radius 1 is 1.14 bits per heavy atom. The fourth-order valence-corrected chi connectivity index (χ4v) is 2.60. The molecule has 1 aliphatic rings. The lowest BCUT2D eigenvalue weighted by molar-refractivity contribution is 0.102. The summed E-state index contributed by atoms with van der Waals surface area (Å²) in [6.07, 6.45) is 0. The number of hydrogen-bond acceptors (Lipinski definition) is 3. The second-order valence-corrected chi connectivity index (χ2v) is 5.44. The molecule has 0 aromatic heterocycles. The first-order valence-electron chi connectivity index (χ1n) is 6.99. The lowest BCUT2D eigenvalue weighted by Crippen LogP contribution is -2.13. The number of aryl methyl sites for hydroxylation is 1. The number of phenolic OH excluding ortho intramolecular Hbond substituents is 1. The van der Waals surface area contributed by atoms with Gasteiger partial charge in [0.15, 0.2) is 0 Å². The number of amides is 1. The number of benzene rings is 2. The van der Waals surface area contributed by atoms with Gasteiger partial charge in [0.25, 0.3) is 5.91 Å². The Kier molecular flexibility index (Phi) is 3.39. The number of aromatic hydroxyl groups is 1. The number of fused-ring (bicyclic) bond motifs is 1. The molecule has 0 saturated heterocycles. The minimum Gasteiger partial charge on any atom is -0.507 e. The molecule has 0 spiro atoms. The van der Waals surface area contributed by atoms with Gasteiger partial charge in [-0.15, -0.1) is 0 Å². The van der Waals surface area contributed by atoms with Gasteiger partial charge in [-0.2, -0.15) is 0 Å². The first kappa shape index (κ1) is 13.6. The molecule has 3 N–H and O–H groups in total. The van der Waals surface area contributed by atoms with Crippen LogP contribution in [0.4, 0.5) is 5.69 Å². The van der Waals surface area contributed by atoms with Gasteiger partial charge in [0, 0.05) is 29.9 Å². The maximum atomic E-state index is 12.3. The van der Waals surface area contributed by atoms with Crippen molar-refractivity contribution in [2.75, 3.05) is 5.32 Å². The second-order valence-electron chi connectivity index (χ2n) is 5.44. The van der Waals surface area contributed by atoms with E-state index in [2.05, 4.69) is 10.6 Å². The van der Waals surface area contributed by atoms with Gasteiger partial charge in [-0.25, -0.2) is 0 Å². The molecule has 0 fully saturated rings. The van der Waals surface area contributed by atoms with Crippen LogP contribution in [0.25, 0.3) is 0 Å². The molecular formula is C17H18N2O2. The van der Waals surface area contributed by atoms with Crippen molar-refractivity contribution in [3.63, 3.8) is 0 Å². The van der Waals surface area contributed by atoms with E-state index < -0.39 is 0 Å². The highest BCUT2D eigenvalue weighted by Crippen LogP contribution is 2.28. The summed E-state index contributed by atoms with van der Waals surface area (Å²) in [5.41, 5.74) is 5.18. The quantitative estimate of drug-likeness (QED) is 0.793. The van der Waals surface area contributed by atoms with E-state index in [9.17, 15) is 9.90 Å². The molecule has 0 saturated carbocycles. The van der Waals surface area contributed by atoms with Crippen LogP contribution in [-0.2, 0) is 13.1 Å². The van der Waals surface area contributed by atoms with Crippen molar-refractivity contribution in [2.24, 2.45) is 0 Å². The third-order valence-corrected chi connectivity index (χ3v) is 3.98. The first-order valence-corrected chi connectivity index (χ1v) is 6.99. The van der Waals surface area contributed by atoms with Gasteiger partial charge >= 0.3 is 0 Å². The van der Waals surface area contributed by atoms with Crippen molar-refractivity contribution in [2.45, 2.75) is 26.9 Å². The van der Waals surface area contributed by atoms with E-state index in [0.29, 0.717) is 16.8 Å². The number of nitrogens with one attached hydrogen (secondary N) is 2. The number of carbonyl (C=O) groups is 1. The normalized spacial score (nSPS) is 13.0. The Hall–Kier alpha value is -2.33. The maximum absolute atomic E-state index is 12.3. The third kappa shape index (κ3) is 2.50. The van der Waals surface area contributed by atoms with E-state index in [1.54, 1.807) is 13.0 Å². The van der Waals surface area contributed by atoms with Crippen LogP contribution in [0.3, 0.4) is 0 Å². The molecule has 2 aromatic carbocycles. The third-order valence-electron chi connectivity index (χ3n) is 3.98. The molecule has 4 heteroatoms. The van der Waals surface area contributed by atoms with Crippen LogP contribution < -0.4 is 10.6 Å². The average molecular weight is 282 g/mol. The molecule has 21 heavy (non-hydrogen) atoms. The van der Waals surface area contributed by atoms with Crippen LogP contribution in [0.1, 0.15) is 32.6 Å². The molecule has 1 amide bonds. The van der Waals surface area contributed by atoms with Crippen molar-refractivity contribution in [1.29, 1.82) is 0 Å². The summed E-state index contributed by atoms with van der Waals surface area (Å²) in [5.74, 6) is 0.0713. The van der Waals surface area contributed by atoms with Crippen molar-refractivity contribution in [1.82, 2.24) is 5.32 Å². The molecule has 1 heterocycles. The largest absolute Gasteiger partial charge is 0.507 e. The summed E-state index contributed by atoms with van der Waals surface area (Å²) in [6, 6.07) is 9.37. The Morgan fingerprint density at radius 3 is 2.71 bits per heavy atom. The fourth-order valence-electron chi connectivity index (χ4n) is 2.60. The zero-order valence-corrected chi connectivity index (χ0v) is 12.2. The van der Waals surface area contributed by atoms with Crippen molar-refractivity contribution >= 4 is 11.6 Å². The van der Waals surface area contributed by atoms with Crippen LogP contribution in [0, 0.1) is 13.8 Å². The molecular weight excluding hydrogens is 264 g/mol. The van der Waals surface area contributed by atoms with E-state index >= 15 is 0 Å². The number of rotatable bonds is 2. The zero-order valence-electron chi connectivity index (χ0n) is 12.2. The van der Waals surface area contributed by atoms with Gasteiger partial charge in [-0.05, 0) is 48.7 Å². The highest BCUT2D eigenvalue weighted by atomic mass is 16.3. The summed E-state index contributed by atoms with van der Waals surface area (Å²) >= 11 is 0. The van der Waals surface area contributed by atoms with Crippen LogP contribution in [0.15, 0.2) is 30.3 Å². The number of phenols is 1. The van der Waals surface area contributed by atoms with Crippen LogP contribution >= 0.6 is 0 Å². The molecule has 3 rings (SSSR count). The van der Waals surface area contributed by atoms with Gasteiger partial charge in [-0.1, -0.05) is 12.1 Å². The van der Waals surface area contributed by atoms with Gasteiger partial charge in [0.1, 0.15) is 5.75 Å². The molecule has 108 valence electrons. The van der Waals surface area contributed by atoms with Crippen molar-refractivity contribution in [3.8, 4) is 5.75 Å². The lowest BCUT2D eigenvalue weighted by atomic mass is 10.1. The van der Waals surface area contributed by atoms with Gasteiger partial charge in [0.2, 0.25) is 0 Å². The van der Waals surface area contributed by atoms with E-state index in [-0.39, 0.29) is 11.7 Å². The summed E-state index contributed by atoms with van der Waals surface area (Å²) in [4.78, 5) is 12.3. The summed E-state index contributed by atoms with van der Waals surface area (Å²) < 4.78 is 0. The Morgan fingerprint density at radius 2 is 1.90 bits per heavy atom. The molecule has 0 radical (unpaired) electrons. The Labute approximate surface area is 123 Å². The Balaban J connectivity index is 1.85. The van der Waals surface area contributed by atoms with Gasteiger partial charge in [-0.3, -0.25) is 4.79 Å². The highest BCUT2D eigenvalue weighted by molar-refractivity contribution is 6.05. The summed E-state index contributed by atoms with van der Waals surface area (Å²) in [6.45, 7) is 5.30. The van der Waals surface area contributed by atoms with Gasteiger partial charge < -0.3 is 15.7 Å². The second kappa shape index (κ2) is 5.22. The minimum atomic E-state index is -0.156. The smallest absolute Gasteiger partial charge is 0.255 e.